The van der Waals surface area contributed by atoms with Gasteiger partial charge in [-0.05, 0) is 37.4 Å². The van der Waals surface area contributed by atoms with Gasteiger partial charge < -0.3 is 9.80 Å². The molecule has 3 nitrogen and oxygen atoms in total. The fourth-order valence-corrected chi connectivity index (χ4v) is 3.42. The molecule has 4 heteroatoms. The lowest BCUT2D eigenvalue weighted by Crippen LogP contribution is -2.46. The Morgan fingerprint density at radius 2 is 2.06 bits per heavy atom. The Labute approximate surface area is 113 Å². The monoisotopic (exact) mass is 266 g/mol. The lowest BCUT2D eigenvalue weighted by atomic mass is 10.0. The Hall–Kier alpha value is -0.870. The Morgan fingerprint density at radius 3 is 2.56 bits per heavy atom. The molecule has 18 heavy (non-hydrogen) atoms. The van der Waals surface area contributed by atoms with Crippen molar-refractivity contribution >= 4 is 17.2 Å². The maximum Gasteiger partial charge on any atom is 0.263 e. The summed E-state index contributed by atoms with van der Waals surface area (Å²) in [6.45, 7) is 8.45. The van der Waals surface area contributed by atoms with Crippen LogP contribution in [0.15, 0.2) is 17.5 Å². The van der Waals surface area contributed by atoms with E-state index in [2.05, 4.69) is 18.7 Å². The van der Waals surface area contributed by atoms with E-state index >= 15 is 0 Å². The molecule has 1 saturated heterocycles. The van der Waals surface area contributed by atoms with Gasteiger partial charge in [0.15, 0.2) is 0 Å². The molecule has 1 aliphatic heterocycles. The predicted octanol–water partition coefficient (Wildman–Crippen LogP) is 2.69. The second-order valence-corrected chi connectivity index (χ2v) is 5.67. The zero-order chi connectivity index (χ0) is 13.0. The van der Waals surface area contributed by atoms with E-state index in [4.69, 9.17) is 0 Å². The van der Waals surface area contributed by atoms with Gasteiger partial charge in [-0.15, -0.1) is 11.3 Å². The zero-order valence-electron chi connectivity index (χ0n) is 11.3. The molecule has 1 amide bonds. The first kappa shape index (κ1) is 13.6. The Bertz CT molecular complexity index is 365. The first-order valence-corrected chi connectivity index (χ1v) is 7.71. The van der Waals surface area contributed by atoms with Gasteiger partial charge in [0.1, 0.15) is 0 Å². The van der Waals surface area contributed by atoms with Gasteiger partial charge in [0, 0.05) is 19.1 Å². The smallest absolute Gasteiger partial charge is 0.263 e. The maximum atomic E-state index is 12.2. The van der Waals surface area contributed by atoms with Gasteiger partial charge in [-0.3, -0.25) is 4.79 Å². The highest BCUT2D eigenvalue weighted by molar-refractivity contribution is 7.12. The number of nitrogens with zero attached hydrogens (tertiary/aromatic N) is 2. The van der Waals surface area contributed by atoms with Crippen LogP contribution in [0.25, 0.3) is 0 Å². The number of amides is 1. The van der Waals surface area contributed by atoms with Gasteiger partial charge in [-0.25, -0.2) is 0 Å². The van der Waals surface area contributed by atoms with Crippen molar-refractivity contribution in [3.05, 3.63) is 22.4 Å². The largest absolute Gasteiger partial charge is 0.338 e. The summed E-state index contributed by atoms with van der Waals surface area (Å²) < 4.78 is 0. The fourth-order valence-electron chi connectivity index (χ4n) is 2.73. The SMILES string of the molecule is CCN(CC)C1CCN(C(=O)c2cccs2)CC1. The van der Waals surface area contributed by atoms with Crippen LogP contribution in [0.4, 0.5) is 0 Å². The molecule has 2 rings (SSSR count). The number of piperidine rings is 1. The van der Waals surface area contributed by atoms with Crippen molar-refractivity contribution < 1.29 is 4.79 Å². The highest BCUT2D eigenvalue weighted by atomic mass is 32.1. The average molecular weight is 266 g/mol. The van der Waals surface area contributed by atoms with Gasteiger partial charge in [0.05, 0.1) is 4.88 Å². The first-order chi connectivity index (χ1) is 8.76. The molecule has 2 heterocycles. The Morgan fingerprint density at radius 1 is 1.39 bits per heavy atom. The second kappa shape index (κ2) is 6.34. The molecule has 0 bridgehead atoms. The number of thiophene rings is 1. The third-order valence-corrected chi connectivity index (χ3v) is 4.67. The second-order valence-electron chi connectivity index (χ2n) is 4.72. The summed E-state index contributed by atoms with van der Waals surface area (Å²) in [5.41, 5.74) is 0. The molecule has 0 unspecified atom stereocenters. The molecular formula is C14H22N2OS. The molecule has 1 aromatic rings. The van der Waals surface area contributed by atoms with Gasteiger partial charge in [-0.2, -0.15) is 0 Å². The quantitative estimate of drug-likeness (QED) is 0.836. The van der Waals surface area contributed by atoms with Crippen LogP contribution < -0.4 is 0 Å². The van der Waals surface area contributed by atoms with Gasteiger partial charge in [0.2, 0.25) is 0 Å². The number of rotatable bonds is 4. The molecule has 1 aliphatic rings. The molecule has 0 radical (unpaired) electrons. The van der Waals surface area contributed by atoms with Gasteiger partial charge in [-0.1, -0.05) is 19.9 Å². The molecule has 0 atom stereocenters. The number of hydrogen-bond acceptors (Lipinski definition) is 3. The molecule has 0 N–H and O–H groups in total. The van der Waals surface area contributed by atoms with Crippen molar-refractivity contribution in [1.82, 2.24) is 9.80 Å². The Balaban J connectivity index is 1.89. The van der Waals surface area contributed by atoms with Crippen LogP contribution in [-0.2, 0) is 0 Å². The van der Waals surface area contributed by atoms with Crippen molar-refractivity contribution in [2.75, 3.05) is 26.2 Å². The van der Waals surface area contributed by atoms with E-state index in [1.807, 2.05) is 22.4 Å². The molecule has 1 fully saturated rings. The van der Waals surface area contributed by atoms with E-state index in [1.165, 1.54) is 11.3 Å². The van der Waals surface area contributed by atoms with Crippen LogP contribution in [0.2, 0.25) is 0 Å². The molecule has 100 valence electrons. The third kappa shape index (κ3) is 2.93. The van der Waals surface area contributed by atoms with Gasteiger partial charge in [0.25, 0.3) is 5.91 Å². The van der Waals surface area contributed by atoms with Crippen LogP contribution in [-0.4, -0.2) is 47.9 Å². The lowest BCUT2D eigenvalue weighted by Gasteiger charge is -2.37. The summed E-state index contributed by atoms with van der Waals surface area (Å²) in [5.74, 6) is 0.211. The maximum absolute atomic E-state index is 12.2. The van der Waals surface area contributed by atoms with E-state index in [1.54, 1.807) is 0 Å². The molecule has 0 aliphatic carbocycles. The number of likely N-dealkylation sites (tertiary alicyclic amines) is 1. The van der Waals surface area contributed by atoms with E-state index in [9.17, 15) is 4.79 Å². The molecule has 1 aromatic heterocycles. The normalized spacial score (nSPS) is 17.4. The average Bonchev–Trinajstić information content (AvgIpc) is 2.94. The van der Waals surface area contributed by atoms with Crippen molar-refractivity contribution in [3.63, 3.8) is 0 Å². The van der Waals surface area contributed by atoms with Crippen molar-refractivity contribution in [2.24, 2.45) is 0 Å². The van der Waals surface area contributed by atoms with Crippen LogP contribution in [0.1, 0.15) is 36.4 Å². The highest BCUT2D eigenvalue weighted by Crippen LogP contribution is 2.19. The fraction of sp³-hybridized carbons (Fsp3) is 0.643. The van der Waals surface area contributed by atoms with Crippen molar-refractivity contribution in [2.45, 2.75) is 32.7 Å². The Kier molecular flexibility index (Phi) is 4.78. The minimum Gasteiger partial charge on any atom is -0.338 e. The van der Waals surface area contributed by atoms with Crippen molar-refractivity contribution in [3.8, 4) is 0 Å². The molecule has 0 spiro atoms. The van der Waals surface area contributed by atoms with Crippen molar-refractivity contribution in [1.29, 1.82) is 0 Å². The summed E-state index contributed by atoms with van der Waals surface area (Å²) in [6.07, 6.45) is 2.22. The summed E-state index contributed by atoms with van der Waals surface area (Å²) >= 11 is 1.54. The minimum absolute atomic E-state index is 0.211. The summed E-state index contributed by atoms with van der Waals surface area (Å²) in [4.78, 5) is 17.6. The molecule has 0 aromatic carbocycles. The van der Waals surface area contributed by atoms with E-state index in [0.29, 0.717) is 6.04 Å². The molecule has 0 saturated carbocycles. The van der Waals surface area contributed by atoms with Gasteiger partial charge >= 0.3 is 0 Å². The van der Waals surface area contributed by atoms with Crippen LogP contribution in [0.3, 0.4) is 0 Å². The number of hydrogen-bond donors (Lipinski definition) is 0. The first-order valence-electron chi connectivity index (χ1n) is 6.83. The van der Waals surface area contributed by atoms with E-state index < -0.39 is 0 Å². The third-order valence-electron chi connectivity index (χ3n) is 3.81. The highest BCUT2D eigenvalue weighted by Gasteiger charge is 2.26. The standard InChI is InChI=1S/C14H22N2OS/c1-3-15(4-2)12-7-9-16(10-8-12)14(17)13-6-5-11-18-13/h5-6,11-12H,3-4,7-10H2,1-2H3. The van der Waals surface area contributed by atoms with E-state index in [0.717, 1.165) is 43.9 Å². The summed E-state index contributed by atoms with van der Waals surface area (Å²) in [6, 6.07) is 4.52. The van der Waals surface area contributed by atoms with Crippen LogP contribution >= 0.6 is 11.3 Å². The van der Waals surface area contributed by atoms with Crippen LogP contribution in [0, 0.1) is 0 Å². The lowest BCUT2D eigenvalue weighted by molar-refractivity contribution is 0.0636. The zero-order valence-corrected chi connectivity index (χ0v) is 12.1. The topological polar surface area (TPSA) is 23.6 Å². The summed E-state index contributed by atoms with van der Waals surface area (Å²) in [5, 5.41) is 1.97. The minimum atomic E-state index is 0.211. The number of carbonyl (C=O) groups is 1. The molecular weight excluding hydrogens is 244 g/mol. The summed E-state index contributed by atoms with van der Waals surface area (Å²) in [7, 11) is 0. The predicted molar refractivity (Wildman–Crippen MR) is 76.2 cm³/mol. The van der Waals surface area contributed by atoms with E-state index in [-0.39, 0.29) is 5.91 Å². The van der Waals surface area contributed by atoms with Crippen LogP contribution in [0.5, 0.6) is 0 Å². The number of carbonyl (C=O) groups excluding carboxylic acids is 1.